The van der Waals surface area contributed by atoms with E-state index in [1.54, 1.807) is 6.07 Å². The number of amides is 1. The fourth-order valence-electron chi connectivity index (χ4n) is 2.27. The van der Waals surface area contributed by atoms with Crippen LogP contribution in [0.1, 0.15) is 30.5 Å². The van der Waals surface area contributed by atoms with Crippen LogP contribution >= 0.6 is 0 Å². The molecule has 0 aliphatic heterocycles. The second-order valence-corrected chi connectivity index (χ2v) is 5.42. The van der Waals surface area contributed by atoms with Crippen LogP contribution in [-0.4, -0.2) is 5.91 Å². The molecule has 0 heterocycles. The van der Waals surface area contributed by atoms with Gasteiger partial charge < -0.3 is 10.6 Å². The number of hydrogen-bond donors (Lipinski definition) is 2. The van der Waals surface area contributed by atoms with E-state index >= 15 is 0 Å². The van der Waals surface area contributed by atoms with Crippen LogP contribution in [0.25, 0.3) is 0 Å². The third-order valence-electron chi connectivity index (χ3n) is 3.53. The van der Waals surface area contributed by atoms with Gasteiger partial charge in [-0.2, -0.15) is 18.4 Å². The lowest BCUT2D eigenvalue weighted by atomic mass is 10.1. The Hall–Kier alpha value is -3.01. The van der Waals surface area contributed by atoms with E-state index in [1.165, 1.54) is 6.07 Å². The van der Waals surface area contributed by atoms with E-state index in [2.05, 4.69) is 10.6 Å². The monoisotopic (exact) mass is 347 g/mol. The van der Waals surface area contributed by atoms with E-state index < -0.39 is 24.1 Å². The Morgan fingerprint density at radius 2 is 1.84 bits per heavy atom. The molecule has 2 N–H and O–H groups in total. The Kier molecular flexibility index (Phi) is 5.65. The van der Waals surface area contributed by atoms with Gasteiger partial charge in [-0.15, -0.1) is 0 Å². The van der Waals surface area contributed by atoms with E-state index in [0.29, 0.717) is 5.69 Å². The zero-order valence-corrected chi connectivity index (χ0v) is 13.4. The Labute approximate surface area is 143 Å². The first kappa shape index (κ1) is 18.3. The van der Waals surface area contributed by atoms with Crippen molar-refractivity contribution in [2.45, 2.75) is 25.6 Å². The number of benzene rings is 2. The van der Waals surface area contributed by atoms with E-state index in [9.17, 15) is 18.0 Å². The lowest BCUT2D eigenvalue weighted by molar-refractivity contribution is -0.137. The Bertz CT molecular complexity index is 782. The molecule has 2 aromatic rings. The minimum Gasteiger partial charge on any atom is -0.377 e. The topological polar surface area (TPSA) is 64.9 Å². The van der Waals surface area contributed by atoms with Gasteiger partial charge in [0.1, 0.15) is 6.42 Å². The maximum atomic E-state index is 12.9. The number of carbonyl (C=O) groups excluding carboxylic acids is 1. The van der Waals surface area contributed by atoms with Crippen LogP contribution in [0.2, 0.25) is 0 Å². The molecular formula is C18H16F3N3O. The zero-order valence-electron chi connectivity index (χ0n) is 13.4. The Morgan fingerprint density at radius 1 is 1.16 bits per heavy atom. The van der Waals surface area contributed by atoms with Crippen molar-refractivity contribution in [3.05, 3.63) is 59.7 Å². The van der Waals surface area contributed by atoms with Crippen molar-refractivity contribution in [1.29, 1.82) is 5.26 Å². The van der Waals surface area contributed by atoms with Crippen molar-refractivity contribution in [2.24, 2.45) is 0 Å². The molecule has 0 fully saturated rings. The van der Waals surface area contributed by atoms with Gasteiger partial charge in [-0.25, -0.2) is 0 Å². The summed E-state index contributed by atoms with van der Waals surface area (Å²) >= 11 is 0. The second kappa shape index (κ2) is 7.71. The summed E-state index contributed by atoms with van der Waals surface area (Å²) in [5.74, 6) is -0.669. The highest BCUT2D eigenvalue weighted by Crippen LogP contribution is 2.35. The molecule has 0 aromatic heterocycles. The van der Waals surface area contributed by atoms with Crippen molar-refractivity contribution < 1.29 is 18.0 Å². The SMILES string of the molecule is CC(Nc1ccc(C(F)(F)F)cc1NC(=O)CC#N)c1ccccc1. The van der Waals surface area contributed by atoms with E-state index in [0.717, 1.165) is 17.7 Å². The lowest BCUT2D eigenvalue weighted by Crippen LogP contribution is -2.15. The van der Waals surface area contributed by atoms with Crippen LogP contribution in [0.4, 0.5) is 24.5 Å². The highest BCUT2D eigenvalue weighted by Gasteiger charge is 2.31. The van der Waals surface area contributed by atoms with Crippen LogP contribution in [0.3, 0.4) is 0 Å². The third kappa shape index (κ3) is 4.98. The van der Waals surface area contributed by atoms with Crippen LogP contribution in [0, 0.1) is 11.3 Å². The smallest absolute Gasteiger partial charge is 0.377 e. The maximum Gasteiger partial charge on any atom is 0.416 e. The Balaban J connectivity index is 2.32. The molecule has 25 heavy (non-hydrogen) atoms. The van der Waals surface area contributed by atoms with Crippen LogP contribution in [0.15, 0.2) is 48.5 Å². The molecular weight excluding hydrogens is 331 g/mol. The standard InChI is InChI=1S/C18H16F3N3O/c1-12(13-5-3-2-4-6-13)23-15-8-7-14(18(19,20)21)11-16(15)24-17(25)9-10-22/h2-8,11-12,23H,9H2,1H3,(H,24,25). The van der Waals surface area contributed by atoms with Gasteiger partial charge in [-0.3, -0.25) is 4.79 Å². The molecule has 2 rings (SSSR count). The molecule has 1 amide bonds. The fraction of sp³-hybridized carbons (Fsp3) is 0.222. The lowest BCUT2D eigenvalue weighted by Gasteiger charge is -2.20. The fourth-order valence-corrected chi connectivity index (χ4v) is 2.27. The minimum absolute atomic E-state index is 0.0159. The van der Waals surface area contributed by atoms with Gasteiger partial charge in [0.15, 0.2) is 0 Å². The van der Waals surface area contributed by atoms with Crippen molar-refractivity contribution in [3.63, 3.8) is 0 Å². The minimum atomic E-state index is -4.53. The average Bonchev–Trinajstić information content (AvgIpc) is 2.56. The van der Waals surface area contributed by atoms with Gasteiger partial charge in [0.2, 0.25) is 5.91 Å². The summed E-state index contributed by atoms with van der Waals surface area (Å²) < 4.78 is 38.8. The predicted octanol–water partition coefficient (Wildman–Crippen LogP) is 4.73. The number of nitriles is 1. The summed E-state index contributed by atoms with van der Waals surface area (Å²) in [4.78, 5) is 11.6. The third-order valence-corrected chi connectivity index (χ3v) is 3.53. The quantitative estimate of drug-likeness (QED) is 0.822. The number of alkyl halides is 3. The van der Waals surface area contributed by atoms with E-state index in [4.69, 9.17) is 5.26 Å². The molecule has 0 radical (unpaired) electrons. The molecule has 0 aliphatic carbocycles. The van der Waals surface area contributed by atoms with Crippen LogP contribution in [0.5, 0.6) is 0 Å². The van der Waals surface area contributed by atoms with Crippen LogP contribution in [-0.2, 0) is 11.0 Å². The first-order valence-electron chi connectivity index (χ1n) is 7.51. The molecule has 0 spiro atoms. The normalized spacial score (nSPS) is 12.1. The molecule has 130 valence electrons. The molecule has 1 atom stereocenters. The zero-order chi connectivity index (χ0) is 18.4. The predicted molar refractivity (Wildman–Crippen MR) is 88.8 cm³/mol. The number of rotatable bonds is 5. The summed E-state index contributed by atoms with van der Waals surface area (Å²) in [6.45, 7) is 1.86. The summed E-state index contributed by atoms with van der Waals surface area (Å²) in [6, 6.07) is 13.9. The Morgan fingerprint density at radius 3 is 2.44 bits per heavy atom. The maximum absolute atomic E-state index is 12.9. The first-order valence-corrected chi connectivity index (χ1v) is 7.51. The number of nitrogens with zero attached hydrogens (tertiary/aromatic N) is 1. The van der Waals surface area contributed by atoms with Gasteiger partial charge in [-0.05, 0) is 30.7 Å². The second-order valence-electron chi connectivity index (χ2n) is 5.42. The van der Waals surface area contributed by atoms with Crippen molar-refractivity contribution >= 4 is 17.3 Å². The molecule has 0 aliphatic rings. The number of anilines is 2. The summed E-state index contributed by atoms with van der Waals surface area (Å²) in [6.07, 6.45) is -4.97. The van der Waals surface area contributed by atoms with E-state index in [1.807, 2.05) is 37.3 Å². The molecule has 7 heteroatoms. The highest BCUT2D eigenvalue weighted by atomic mass is 19.4. The molecule has 4 nitrogen and oxygen atoms in total. The average molecular weight is 347 g/mol. The highest BCUT2D eigenvalue weighted by molar-refractivity contribution is 5.95. The van der Waals surface area contributed by atoms with E-state index in [-0.39, 0.29) is 11.7 Å². The molecule has 0 bridgehead atoms. The largest absolute Gasteiger partial charge is 0.416 e. The number of halogens is 3. The van der Waals surface area contributed by atoms with Gasteiger partial charge in [-0.1, -0.05) is 30.3 Å². The number of hydrogen-bond acceptors (Lipinski definition) is 3. The first-order chi connectivity index (χ1) is 11.8. The molecule has 1 unspecified atom stereocenters. The van der Waals surface area contributed by atoms with Gasteiger partial charge in [0.05, 0.1) is 23.0 Å². The van der Waals surface area contributed by atoms with Gasteiger partial charge in [0.25, 0.3) is 0 Å². The summed E-state index contributed by atoms with van der Waals surface area (Å²) in [5, 5.41) is 14.0. The van der Waals surface area contributed by atoms with Gasteiger partial charge >= 0.3 is 6.18 Å². The number of carbonyl (C=O) groups is 1. The summed E-state index contributed by atoms with van der Waals surface area (Å²) in [7, 11) is 0. The molecule has 2 aromatic carbocycles. The van der Waals surface area contributed by atoms with Gasteiger partial charge in [0, 0.05) is 6.04 Å². The molecule has 0 saturated heterocycles. The van der Waals surface area contributed by atoms with Crippen molar-refractivity contribution in [2.75, 3.05) is 10.6 Å². The summed E-state index contributed by atoms with van der Waals surface area (Å²) in [5.41, 5.74) is 0.392. The number of nitrogens with one attached hydrogen (secondary N) is 2. The van der Waals surface area contributed by atoms with Crippen molar-refractivity contribution in [3.8, 4) is 6.07 Å². The van der Waals surface area contributed by atoms with Crippen LogP contribution < -0.4 is 10.6 Å². The van der Waals surface area contributed by atoms with Crippen molar-refractivity contribution in [1.82, 2.24) is 0 Å². The molecule has 0 saturated carbocycles.